The summed E-state index contributed by atoms with van der Waals surface area (Å²) >= 11 is 0. The molecule has 2 N–H and O–H groups in total. The predicted octanol–water partition coefficient (Wildman–Crippen LogP) is 11.4. The zero-order chi connectivity index (χ0) is 38.2. The van der Waals surface area contributed by atoms with Crippen molar-refractivity contribution in [1.29, 1.82) is 0 Å². The molecule has 0 saturated heterocycles. The van der Waals surface area contributed by atoms with Gasteiger partial charge in [-0.1, -0.05) is 48.5 Å². The van der Waals surface area contributed by atoms with E-state index in [4.69, 9.17) is 28.9 Å². The molecule has 0 saturated carbocycles. The van der Waals surface area contributed by atoms with Crippen molar-refractivity contribution in [3.8, 4) is 67.5 Å². The van der Waals surface area contributed by atoms with Gasteiger partial charge in [0, 0.05) is 64.7 Å². The van der Waals surface area contributed by atoms with Crippen LogP contribution < -0.4 is 18.9 Å². The van der Waals surface area contributed by atoms with Gasteiger partial charge in [0.15, 0.2) is 0 Å². The number of aromatic amines is 2. The van der Waals surface area contributed by atoms with Gasteiger partial charge in [0.2, 0.25) is 0 Å². The summed E-state index contributed by atoms with van der Waals surface area (Å²) in [5, 5.41) is 0. The number of aromatic nitrogens is 4. The fraction of sp³-hybridized carbons (Fsp3) is 0.0833. The van der Waals surface area contributed by atoms with Gasteiger partial charge < -0.3 is 28.9 Å². The SMILES string of the molecule is COc1ccc(-c2c3nc(c(-c4ccc(OC)cc4)c4ccc([nH]4)c(-c4ccc(OC)cc4)c4nc(c(-c5ccc(OC)cc5)c5ccc2[nH]5)C=C4)C=C3)cc1.[Pd]. The maximum Gasteiger partial charge on any atom is 0.118 e. The Labute approximate surface area is 344 Å². The monoisotopic (exact) mass is 840 g/mol. The third-order valence-corrected chi connectivity index (χ3v) is 10.3. The molecule has 284 valence electrons. The second kappa shape index (κ2) is 15.8. The maximum absolute atomic E-state index is 5.53. The first kappa shape index (κ1) is 37.3. The van der Waals surface area contributed by atoms with E-state index in [-0.39, 0.29) is 20.4 Å². The van der Waals surface area contributed by atoms with Crippen LogP contribution in [0.25, 0.3) is 90.9 Å². The Balaban J connectivity index is 0.00000455. The average molecular weight is 841 g/mol. The van der Waals surface area contributed by atoms with Crippen molar-refractivity contribution < 1.29 is 39.4 Å². The van der Waals surface area contributed by atoms with E-state index >= 15 is 0 Å². The van der Waals surface area contributed by atoms with Crippen LogP contribution >= 0.6 is 0 Å². The van der Waals surface area contributed by atoms with E-state index in [1.54, 1.807) is 28.4 Å². The first-order valence-corrected chi connectivity index (χ1v) is 18.3. The molecule has 9 rings (SSSR count). The number of H-pyrrole nitrogens is 2. The molecule has 3 aromatic heterocycles. The number of methoxy groups -OCH3 is 4. The van der Waals surface area contributed by atoms with Gasteiger partial charge in [0.1, 0.15) is 23.0 Å². The van der Waals surface area contributed by atoms with Crippen LogP contribution in [0, 0.1) is 0 Å². The topological polar surface area (TPSA) is 94.3 Å². The van der Waals surface area contributed by atoms with Crippen LogP contribution in [0.1, 0.15) is 22.8 Å². The molecule has 0 atom stereocenters. The molecule has 9 heteroatoms. The largest absolute Gasteiger partial charge is 0.497 e. The van der Waals surface area contributed by atoms with Gasteiger partial charge in [-0.25, -0.2) is 9.97 Å². The number of rotatable bonds is 8. The van der Waals surface area contributed by atoms with Gasteiger partial charge in [-0.3, -0.25) is 0 Å². The maximum atomic E-state index is 5.53. The summed E-state index contributed by atoms with van der Waals surface area (Å²) < 4.78 is 22.1. The van der Waals surface area contributed by atoms with Crippen LogP contribution in [0.2, 0.25) is 0 Å². The molecule has 0 fully saturated rings. The number of nitrogens with zero attached hydrogens (tertiary/aromatic N) is 2. The van der Waals surface area contributed by atoms with E-state index in [2.05, 4.69) is 107 Å². The van der Waals surface area contributed by atoms with Crippen molar-refractivity contribution >= 4 is 46.4 Å². The number of hydrogen-bond donors (Lipinski definition) is 2. The second-order valence-electron chi connectivity index (χ2n) is 13.4. The van der Waals surface area contributed by atoms with E-state index in [0.717, 1.165) is 112 Å². The molecule has 57 heavy (non-hydrogen) atoms. The minimum absolute atomic E-state index is 0. The minimum atomic E-state index is 0. The first-order chi connectivity index (χ1) is 27.5. The van der Waals surface area contributed by atoms with E-state index < -0.39 is 0 Å². The van der Waals surface area contributed by atoms with Gasteiger partial charge in [-0.05, 0) is 119 Å². The molecule has 0 aliphatic carbocycles. The van der Waals surface area contributed by atoms with Crippen molar-refractivity contribution in [2.75, 3.05) is 28.4 Å². The number of nitrogens with one attached hydrogen (secondary N) is 2. The summed E-state index contributed by atoms with van der Waals surface area (Å²) in [7, 11) is 6.71. The summed E-state index contributed by atoms with van der Waals surface area (Å²) in [5.74, 6) is 3.12. The molecule has 7 aromatic rings. The van der Waals surface area contributed by atoms with Gasteiger partial charge in [-0.15, -0.1) is 0 Å². The quantitative estimate of drug-likeness (QED) is 0.148. The zero-order valence-electron chi connectivity index (χ0n) is 31.7. The summed E-state index contributed by atoms with van der Waals surface area (Å²) in [4.78, 5) is 18.4. The Morgan fingerprint density at radius 3 is 0.719 bits per heavy atom. The molecular formula is C48H38N4O4Pd. The zero-order valence-corrected chi connectivity index (χ0v) is 33.3. The van der Waals surface area contributed by atoms with Crippen LogP contribution in [-0.2, 0) is 20.4 Å². The molecule has 0 unspecified atom stereocenters. The van der Waals surface area contributed by atoms with Crippen molar-refractivity contribution in [2.24, 2.45) is 0 Å². The molecule has 5 heterocycles. The van der Waals surface area contributed by atoms with Crippen molar-refractivity contribution in [3.63, 3.8) is 0 Å². The van der Waals surface area contributed by atoms with E-state index in [9.17, 15) is 0 Å². The van der Waals surface area contributed by atoms with Crippen molar-refractivity contribution in [3.05, 3.63) is 144 Å². The van der Waals surface area contributed by atoms with Crippen LogP contribution in [0.3, 0.4) is 0 Å². The summed E-state index contributed by atoms with van der Waals surface area (Å²) in [6, 6.07) is 40.9. The molecule has 8 bridgehead atoms. The predicted molar refractivity (Wildman–Crippen MR) is 227 cm³/mol. The number of benzene rings is 4. The Morgan fingerprint density at radius 2 is 0.526 bits per heavy atom. The Kier molecular flexibility index (Phi) is 10.4. The smallest absolute Gasteiger partial charge is 0.118 e. The molecular weight excluding hydrogens is 803 g/mol. The van der Waals surface area contributed by atoms with Crippen molar-refractivity contribution in [2.45, 2.75) is 0 Å². The first-order valence-electron chi connectivity index (χ1n) is 18.3. The molecule has 0 radical (unpaired) electrons. The third-order valence-electron chi connectivity index (χ3n) is 10.3. The van der Waals surface area contributed by atoms with Gasteiger partial charge in [0.25, 0.3) is 0 Å². The fourth-order valence-electron chi connectivity index (χ4n) is 7.45. The van der Waals surface area contributed by atoms with Crippen LogP contribution in [0.5, 0.6) is 23.0 Å². The van der Waals surface area contributed by atoms with Crippen LogP contribution in [0.15, 0.2) is 121 Å². The van der Waals surface area contributed by atoms with Crippen molar-refractivity contribution in [1.82, 2.24) is 19.9 Å². The van der Waals surface area contributed by atoms with Gasteiger partial charge in [-0.2, -0.15) is 0 Å². The molecule has 2 aliphatic rings. The van der Waals surface area contributed by atoms with Gasteiger partial charge >= 0.3 is 0 Å². The Morgan fingerprint density at radius 1 is 0.316 bits per heavy atom. The van der Waals surface area contributed by atoms with E-state index in [0.29, 0.717) is 0 Å². The summed E-state index contributed by atoms with van der Waals surface area (Å²) in [5.41, 5.74) is 14.8. The molecule has 4 aromatic carbocycles. The standard InChI is InChI=1S/C48H38N4O4.Pd/c1-53-33-13-5-29(6-14-33)45-37-21-23-39(49-37)46(30-7-15-34(54-2)16-8-30)41-25-27-43(51-41)48(32-11-19-36(56-4)20-12-32)44-28-26-42(52-44)47(40-24-22-38(45)50-40)31-9-17-35(55-3)18-10-31;/h5-28,49,52H,1-4H3;. The number of hydrogen-bond acceptors (Lipinski definition) is 6. The van der Waals surface area contributed by atoms with Gasteiger partial charge in [0.05, 0.1) is 51.2 Å². The summed E-state index contributed by atoms with van der Waals surface area (Å²) in [6.45, 7) is 0. The molecule has 2 aliphatic heterocycles. The summed E-state index contributed by atoms with van der Waals surface area (Å²) in [6.07, 6.45) is 8.37. The molecule has 0 amide bonds. The molecule has 0 spiro atoms. The van der Waals surface area contributed by atoms with Crippen LogP contribution in [0.4, 0.5) is 0 Å². The third kappa shape index (κ3) is 7.04. The number of ether oxygens (including phenoxy) is 4. The normalized spacial score (nSPS) is 11.6. The second-order valence-corrected chi connectivity index (χ2v) is 13.4. The Bertz CT molecular complexity index is 2440. The van der Waals surface area contributed by atoms with Crippen LogP contribution in [-0.4, -0.2) is 48.4 Å². The number of fused-ring (bicyclic) bond motifs is 8. The fourth-order valence-corrected chi connectivity index (χ4v) is 7.45. The Hall–Kier alpha value is -6.66. The van der Waals surface area contributed by atoms with E-state index in [1.807, 2.05) is 48.5 Å². The average Bonchev–Trinajstić information content (AvgIpc) is 4.10. The van der Waals surface area contributed by atoms with E-state index in [1.165, 1.54) is 0 Å². The molecule has 8 nitrogen and oxygen atoms in total. The minimum Gasteiger partial charge on any atom is -0.497 e.